The van der Waals surface area contributed by atoms with E-state index in [-0.39, 0.29) is 12.1 Å². The Kier molecular flexibility index (Phi) is 5.09. The molecule has 1 heterocycles. The third-order valence-electron chi connectivity index (χ3n) is 2.72. The summed E-state index contributed by atoms with van der Waals surface area (Å²) in [5.41, 5.74) is 4.83. The number of nitrogens with zero attached hydrogens (tertiary/aromatic N) is 1. The second-order valence-electron chi connectivity index (χ2n) is 7.30. The van der Waals surface area contributed by atoms with Crippen LogP contribution in [0.2, 0.25) is 0 Å². The van der Waals surface area contributed by atoms with Crippen molar-refractivity contribution in [2.75, 3.05) is 13.1 Å². The quantitative estimate of drug-likeness (QED) is 0.764. The Hall–Kier alpha value is -1.50. The van der Waals surface area contributed by atoms with Crippen molar-refractivity contribution in [2.24, 2.45) is 5.73 Å². The average molecular weight is 301 g/mol. The fourth-order valence-corrected chi connectivity index (χ4v) is 1.92. The molecule has 0 aromatic rings. The van der Waals surface area contributed by atoms with Gasteiger partial charge in [0.25, 0.3) is 0 Å². The molecule has 1 aliphatic heterocycles. The van der Waals surface area contributed by atoms with E-state index in [2.05, 4.69) is 5.32 Å². The maximum atomic E-state index is 12.0. The van der Waals surface area contributed by atoms with Gasteiger partial charge in [-0.05, 0) is 41.5 Å². The van der Waals surface area contributed by atoms with Crippen LogP contribution >= 0.6 is 0 Å². The van der Waals surface area contributed by atoms with Gasteiger partial charge in [0.05, 0.1) is 6.04 Å². The van der Waals surface area contributed by atoms with Gasteiger partial charge in [-0.1, -0.05) is 0 Å². The summed E-state index contributed by atoms with van der Waals surface area (Å²) in [5.74, 6) is 0. The van der Waals surface area contributed by atoms with Crippen molar-refractivity contribution in [2.45, 2.75) is 64.8 Å². The minimum atomic E-state index is -0.572. The molecule has 2 amide bonds. The largest absolute Gasteiger partial charge is 0.444 e. The molecule has 0 spiro atoms. The van der Waals surface area contributed by atoms with Crippen LogP contribution in [-0.2, 0) is 9.47 Å². The summed E-state index contributed by atoms with van der Waals surface area (Å²) in [6.07, 6.45) is -0.958. The van der Waals surface area contributed by atoms with Crippen LogP contribution in [0, 0.1) is 0 Å². The molecule has 0 aromatic carbocycles. The third-order valence-corrected chi connectivity index (χ3v) is 2.72. The standard InChI is InChI=1S/C14H27N3O4/c1-13(2,3)20-11(18)16-10-8-17(7-9(10)15)12(19)21-14(4,5)6/h9-10H,7-8,15H2,1-6H3,(H,16,18)/t9-,10-/m0/s1. The minimum Gasteiger partial charge on any atom is -0.444 e. The summed E-state index contributed by atoms with van der Waals surface area (Å²) in [7, 11) is 0. The molecule has 0 unspecified atom stereocenters. The Balaban J connectivity index is 2.53. The number of alkyl carbamates (subject to hydrolysis) is 1. The molecule has 0 radical (unpaired) electrons. The zero-order chi connectivity index (χ0) is 16.4. The van der Waals surface area contributed by atoms with Crippen LogP contribution in [0.5, 0.6) is 0 Å². The van der Waals surface area contributed by atoms with Crippen molar-refractivity contribution in [1.29, 1.82) is 0 Å². The number of carbonyl (C=O) groups is 2. The highest BCUT2D eigenvalue weighted by atomic mass is 16.6. The van der Waals surface area contributed by atoms with E-state index in [1.807, 2.05) is 0 Å². The lowest BCUT2D eigenvalue weighted by Crippen LogP contribution is -2.48. The highest BCUT2D eigenvalue weighted by Crippen LogP contribution is 2.15. The van der Waals surface area contributed by atoms with Crippen LogP contribution in [0.3, 0.4) is 0 Å². The SMILES string of the molecule is CC(C)(C)OC(=O)N[C@H]1CN(C(=O)OC(C)(C)C)C[C@@H]1N. The minimum absolute atomic E-state index is 0.315. The smallest absolute Gasteiger partial charge is 0.410 e. The van der Waals surface area contributed by atoms with Crippen molar-refractivity contribution in [1.82, 2.24) is 10.2 Å². The summed E-state index contributed by atoms with van der Waals surface area (Å²) in [4.78, 5) is 25.2. The van der Waals surface area contributed by atoms with Gasteiger partial charge in [0.2, 0.25) is 0 Å². The third kappa shape index (κ3) is 6.20. The van der Waals surface area contributed by atoms with Crippen LogP contribution in [0.4, 0.5) is 9.59 Å². The average Bonchev–Trinajstić information content (AvgIpc) is 2.54. The number of carbonyl (C=O) groups excluding carboxylic acids is 2. The molecular weight excluding hydrogens is 274 g/mol. The molecule has 1 aliphatic rings. The summed E-state index contributed by atoms with van der Waals surface area (Å²) in [5, 5.41) is 2.70. The van der Waals surface area contributed by atoms with Crippen molar-refractivity contribution >= 4 is 12.2 Å². The van der Waals surface area contributed by atoms with Gasteiger partial charge in [0.15, 0.2) is 0 Å². The van der Waals surface area contributed by atoms with Gasteiger partial charge in [-0.3, -0.25) is 0 Å². The molecule has 3 N–H and O–H groups in total. The molecule has 7 nitrogen and oxygen atoms in total. The normalized spacial score (nSPS) is 22.9. The molecule has 122 valence electrons. The molecule has 1 rings (SSSR count). The second-order valence-corrected chi connectivity index (χ2v) is 7.30. The summed E-state index contributed by atoms with van der Waals surface area (Å²) in [6.45, 7) is 11.4. The highest BCUT2D eigenvalue weighted by molar-refractivity contribution is 5.70. The topological polar surface area (TPSA) is 93.9 Å². The van der Waals surface area contributed by atoms with E-state index in [0.29, 0.717) is 13.1 Å². The van der Waals surface area contributed by atoms with Gasteiger partial charge in [-0.15, -0.1) is 0 Å². The number of amides is 2. The van der Waals surface area contributed by atoms with E-state index >= 15 is 0 Å². The number of hydrogen-bond acceptors (Lipinski definition) is 5. The molecule has 0 bridgehead atoms. The first-order chi connectivity index (χ1) is 9.37. The Morgan fingerprint density at radius 1 is 1.05 bits per heavy atom. The van der Waals surface area contributed by atoms with Crippen molar-refractivity contribution in [3.63, 3.8) is 0 Å². The van der Waals surface area contributed by atoms with E-state index in [4.69, 9.17) is 15.2 Å². The maximum Gasteiger partial charge on any atom is 0.410 e. The van der Waals surface area contributed by atoms with E-state index in [0.717, 1.165) is 0 Å². The Morgan fingerprint density at radius 3 is 2.05 bits per heavy atom. The van der Waals surface area contributed by atoms with E-state index in [1.165, 1.54) is 4.90 Å². The zero-order valence-electron chi connectivity index (χ0n) is 13.7. The van der Waals surface area contributed by atoms with Gasteiger partial charge < -0.3 is 25.4 Å². The van der Waals surface area contributed by atoms with E-state index in [9.17, 15) is 9.59 Å². The fraction of sp³-hybridized carbons (Fsp3) is 0.857. The molecule has 0 aliphatic carbocycles. The lowest BCUT2D eigenvalue weighted by molar-refractivity contribution is 0.0281. The molecule has 0 aromatic heterocycles. The van der Waals surface area contributed by atoms with Crippen molar-refractivity contribution in [3.8, 4) is 0 Å². The monoisotopic (exact) mass is 301 g/mol. The number of rotatable bonds is 1. The first kappa shape index (κ1) is 17.6. The molecule has 1 fully saturated rings. The molecule has 0 saturated carbocycles. The van der Waals surface area contributed by atoms with E-state index in [1.54, 1.807) is 41.5 Å². The predicted molar refractivity (Wildman–Crippen MR) is 78.9 cm³/mol. The van der Waals surface area contributed by atoms with Crippen LogP contribution < -0.4 is 11.1 Å². The van der Waals surface area contributed by atoms with Gasteiger partial charge in [0.1, 0.15) is 11.2 Å². The first-order valence-electron chi connectivity index (χ1n) is 7.10. The summed E-state index contributed by atoms with van der Waals surface area (Å²) >= 11 is 0. The van der Waals surface area contributed by atoms with Gasteiger partial charge in [-0.2, -0.15) is 0 Å². The fourth-order valence-electron chi connectivity index (χ4n) is 1.92. The lowest BCUT2D eigenvalue weighted by atomic mass is 10.2. The predicted octanol–water partition coefficient (Wildman–Crippen LogP) is 1.46. The zero-order valence-corrected chi connectivity index (χ0v) is 13.7. The molecular formula is C14H27N3O4. The van der Waals surface area contributed by atoms with E-state index < -0.39 is 23.4 Å². The molecule has 7 heteroatoms. The first-order valence-corrected chi connectivity index (χ1v) is 7.10. The van der Waals surface area contributed by atoms with Crippen molar-refractivity contribution < 1.29 is 19.1 Å². The number of hydrogen-bond donors (Lipinski definition) is 2. The lowest BCUT2D eigenvalue weighted by Gasteiger charge is -2.24. The van der Waals surface area contributed by atoms with Crippen LogP contribution in [0.1, 0.15) is 41.5 Å². The molecule has 1 saturated heterocycles. The summed E-state index contributed by atoms with van der Waals surface area (Å²) < 4.78 is 10.5. The highest BCUT2D eigenvalue weighted by Gasteiger charge is 2.36. The van der Waals surface area contributed by atoms with Crippen LogP contribution in [0.15, 0.2) is 0 Å². The van der Waals surface area contributed by atoms with Gasteiger partial charge in [-0.25, -0.2) is 9.59 Å². The number of nitrogens with two attached hydrogens (primary N) is 1. The number of likely N-dealkylation sites (tertiary alicyclic amines) is 1. The molecule has 21 heavy (non-hydrogen) atoms. The van der Waals surface area contributed by atoms with Crippen LogP contribution in [-0.4, -0.2) is 53.5 Å². The summed E-state index contributed by atoms with van der Waals surface area (Å²) in [6, 6.07) is -0.683. The number of nitrogens with one attached hydrogen (secondary N) is 1. The Bertz CT molecular complexity index is 398. The van der Waals surface area contributed by atoms with Gasteiger partial charge in [0, 0.05) is 19.1 Å². The van der Waals surface area contributed by atoms with Gasteiger partial charge >= 0.3 is 12.2 Å². The Labute approximate surface area is 126 Å². The van der Waals surface area contributed by atoms with Crippen LogP contribution in [0.25, 0.3) is 0 Å². The second kappa shape index (κ2) is 6.09. The van der Waals surface area contributed by atoms with Crippen molar-refractivity contribution in [3.05, 3.63) is 0 Å². The molecule has 2 atom stereocenters. The Morgan fingerprint density at radius 2 is 1.57 bits per heavy atom. The number of ether oxygens (including phenoxy) is 2. The maximum absolute atomic E-state index is 12.0.